The molecule has 0 spiro atoms. The van der Waals surface area contributed by atoms with E-state index in [4.69, 9.17) is 23.7 Å². The Labute approximate surface area is 238 Å². The molecule has 3 aliphatic rings. The van der Waals surface area contributed by atoms with Crippen LogP contribution in [0.4, 0.5) is 4.79 Å². The monoisotopic (exact) mass is 568 g/mol. The molecule has 11 nitrogen and oxygen atoms in total. The highest BCUT2D eigenvalue weighted by atomic mass is 16.8. The molecule has 2 amide bonds. The maximum Gasteiger partial charge on any atom is 0.407 e. The lowest BCUT2D eigenvalue weighted by Gasteiger charge is -2.24. The second-order valence-corrected chi connectivity index (χ2v) is 11.4. The molecular formula is C30H36N2O9. The quantitative estimate of drug-likeness (QED) is 0.416. The number of amides is 2. The van der Waals surface area contributed by atoms with Gasteiger partial charge in [0.25, 0.3) is 0 Å². The van der Waals surface area contributed by atoms with Gasteiger partial charge in [0.1, 0.15) is 31.0 Å². The Morgan fingerprint density at radius 2 is 1.59 bits per heavy atom. The van der Waals surface area contributed by atoms with E-state index in [9.17, 15) is 19.5 Å². The fourth-order valence-corrected chi connectivity index (χ4v) is 5.67. The molecule has 0 bridgehead atoms. The molecule has 2 aromatic rings. The summed E-state index contributed by atoms with van der Waals surface area (Å²) in [5, 5.41) is 14.7. The summed E-state index contributed by atoms with van der Waals surface area (Å²) in [4.78, 5) is 37.2. The maximum atomic E-state index is 12.7. The van der Waals surface area contributed by atoms with Crippen molar-refractivity contribution in [3.8, 4) is 11.1 Å². The number of alkyl carbamates (subject to hydrolysis) is 1. The van der Waals surface area contributed by atoms with Crippen LogP contribution in [0.1, 0.15) is 51.2 Å². The Morgan fingerprint density at radius 1 is 0.951 bits per heavy atom. The highest BCUT2D eigenvalue weighted by Crippen LogP contribution is 2.44. The van der Waals surface area contributed by atoms with Gasteiger partial charge in [0.15, 0.2) is 11.6 Å². The molecule has 0 saturated carbocycles. The van der Waals surface area contributed by atoms with E-state index in [2.05, 4.69) is 10.6 Å². The summed E-state index contributed by atoms with van der Waals surface area (Å²) in [5.74, 6) is -3.76. The first kappa shape index (κ1) is 29.0. The molecule has 2 fully saturated rings. The number of ether oxygens (including phenoxy) is 5. The molecule has 41 heavy (non-hydrogen) atoms. The van der Waals surface area contributed by atoms with Gasteiger partial charge in [-0.3, -0.25) is 4.79 Å². The van der Waals surface area contributed by atoms with Crippen molar-refractivity contribution in [3.63, 3.8) is 0 Å². The summed E-state index contributed by atoms with van der Waals surface area (Å²) in [7, 11) is 0. The zero-order valence-corrected chi connectivity index (χ0v) is 23.5. The second kappa shape index (κ2) is 11.4. The lowest BCUT2D eigenvalue weighted by molar-refractivity contribution is -0.174. The molecule has 2 aromatic carbocycles. The normalized spacial score (nSPS) is 24.7. The Morgan fingerprint density at radius 3 is 2.17 bits per heavy atom. The number of hydrogen-bond donors (Lipinski definition) is 3. The van der Waals surface area contributed by atoms with Crippen LogP contribution in [0, 0.1) is 0 Å². The Balaban J connectivity index is 1.14. The number of carbonyl (C=O) groups is 3. The third-order valence-corrected chi connectivity index (χ3v) is 7.44. The molecule has 3 N–H and O–H groups in total. The number of nitrogens with one attached hydrogen (secondary N) is 2. The SMILES string of the molecule is CC1(C)OC[C@H]([C@H]2OC(C)(C)O[C@@H]2CNC(=O)CC(NC(=O)OCC2c3ccccc3-c3ccccc32)C(=O)O)O1. The van der Waals surface area contributed by atoms with Gasteiger partial charge in [-0.15, -0.1) is 0 Å². The Bertz CT molecular complexity index is 1260. The molecule has 11 heteroatoms. The largest absolute Gasteiger partial charge is 0.480 e. The van der Waals surface area contributed by atoms with Gasteiger partial charge in [0.05, 0.1) is 13.0 Å². The van der Waals surface area contributed by atoms with E-state index in [0.717, 1.165) is 22.3 Å². The maximum absolute atomic E-state index is 12.7. The van der Waals surface area contributed by atoms with Crippen LogP contribution in [0.15, 0.2) is 48.5 Å². The predicted molar refractivity (Wildman–Crippen MR) is 146 cm³/mol. The molecule has 220 valence electrons. The van der Waals surface area contributed by atoms with Crippen LogP contribution in [0.3, 0.4) is 0 Å². The first-order valence-electron chi connectivity index (χ1n) is 13.7. The van der Waals surface area contributed by atoms with Crippen molar-refractivity contribution in [1.29, 1.82) is 0 Å². The summed E-state index contributed by atoms with van der Waals surface area (Å²) in [6, 6.07) is 14.3. The van der Waals surface area contributed by atoms with Crippen LogP contribution < -0.4 is 10.6 Å². The zero-order chi connectivity index (χ0) is 29.4. The molecular weight excluding hydrogens is 532 g/mol. The van der Waals surface area contributed by atoms with Crippen molar-refractivity contribution in [1.82, 2.24) is 10.6 Å². The lowest BCUT2D eigenvalue weighted by Crippen LogP contribution is -2.47. The van der Waals surface area contributed by atoms with E-state index in [1.165, 1.54) is 0 Å². The Kier molecular flexibility index (Phi) is 8.06. The van der Waals surface area contributed by atoms with E-state index in [1.54, 1.807) is 27.7 Å². The van der Waals surface area contributed by atoms with Crippen LogP contribution in [-0.4, -0.2) is 78.8 Å². The summed E-state index contributed by atoms with van der Waals surface area (Å²) in [6.07, 6.45) is -2.84. The van der Waals surface area contributed by atoms with Crippen molar-refractivity contribution in [2.45, 2.75) is 76.0 Å². The average Bonchev–Trinajstić information content (AvgIpc) is 3.55. The molecule has 4 atom stereocenters. The highest BCUT2D eigenvalue weighted by Gasteiger charge is 2.49. The van der Waals surface area contributed by atoms with Gasteiger partial charge in [-0.2, -0.15) is 0 Å². The smallest absolute Gasteiger partial charge is 0.407 e. The minimum absolute atomic E-state index is 0.0261. The predicted octanol–water partition coefficient (Wildman–Crippen LogP) is 3.16. The molecule has 1 unspecified atom stereocenters. The van der Waals surface area contributed by atoms with E-state index in [1.807, 2.05) is 48.5 Å². The van der Waals surface area contributed by atoms with Crippen molar-refractivity contribution in [2.24, 2.45) is 0 Å². The number of rotatable bonds is 9. The zero-order valence-electron chi connectivity index (χ0n) is 23.5. The van der Waals surface area contributed by atoms with Crippen LogP contribution in [0.2, 0.25) is 0 Å². The van der Waals surface area contributed by atoms with E-state index >= 15 is 0 Å². The van der Waals surface area contributed by atoms with Gasteiger partial charge < -0.3 is 39.4 Å². The van der Waals surface area contributed by atoms with E-state index < -0.39 is 60.3 Å². The number of aliphatic carboxylic acids is 1. The van der Waals surface area contributed by atoms with Gasteiger partial charge in [-0.05, 0) is 49.9 Å². The first-order valence-corrected chi connectivity index (χ1v) is 13.7. The molecule has 5 rings (SSSR count). The summed E-state index contributed by atoms with van der Waals surface area (Å²) >= 11 is 0. The van der Waals surface area contributed by atoms with Crippen molar-refractivity contribution in [2.75, 3.05) is 19.8 Å². The minimum atomic E-state index is -1.48. The van der Waals surface area contributed by atoms with Gasteiger partial charge in [-0.1, -0.05) is 48.5 Å². The molecule has 1 aliphatic carbocycles. The third kappa shape index (κ3) is 6.54. The second-order valence-electron chi connectivity index (χ2n) is 11.4. The molecule has 2 saturated heterocycles. The van der Waals surface area contributed by atoms with Crippen molar-refractivity contribution in [3.05, 3.63) is 59.7 Å². The summed E-state index contributed by atoms with van der Waals surface area (Å²) in [6.45, 7) is 7.54. The van der Waals surface area contributed by atoms with Crippen LogP contribution in [0.25, 0.3) is 11.1 Å². The molecule has 0 radical (unpaired) electrons. The number of fused-ring (bicyclic) bond motifs is 3. The van der Waals surface area contributed by atoms with Crippen LogP contribution in [0.5, 0.6) is 0 Å². The van der Waals surface area contributed by atoms with Crippen molar-refractivity contribution < 1.29 is 43.2 Å². The average molecular weight is 569 g/mol. The number of carboxylic acid groups (broad SMARTS) is 1. The number of hydrogen-bond acceptors (Lipinski definition) is 8. The Hall–Kier alpha value is -3.51. The third-order valence-electron chi connectivity index (χ3n) is 7.44. The molecule has 2 heterocycles. The highest BCUT2D eigenvalue weighted by molar-refractivity contribution is 5.87. The van der Waals surface area contributed by atoms with Crippen LogP contribution >= 0.6 is 0 Å². The minimum Gasteiger partial charge on any atom is -0.480 e. The molecule has 0 aromatic heterocycles. The van der Waals surface area contributed by atoms with Gasteiger partial charge >= 0.3 is 12.1 Å². The fourth-order valence-electron chi connectivity index (χ4n) is 5.67. The van der Waals surface area contributed by atoms with Gasteiger partial charge in [-0.25, -0.2) is 9.59 Å². The lowest BCUT2D eigenvalue weighted by atomic mass is 9.98. The molecule has 2 aliphatic heterocycles. The summed E-state index contributed by atoms with van der Waals surface area (Å²) < 4.78 is 29.0. The van der Waals surface area contributed by atoms with E-state index in [0.29, 0.717) is 6.61 Å². The van der Waals surface area contributed by atoms with Crippen LogP contribution in [-0.2, 0) is 33.3 Å². The first-order chi connectivity index (χ1) is 19.4. The van der Waals surface area contributed by atoms with Crippen molar-refractivity contribution >= 4 is 18.0 Å². The van der Waals surface area contributed by atoms with Gasteiger partial charge in [0.2, 0.25) is 5.91 Å². The fraction of sp³-hybridized carbons (Fsp3) is 0.500. The topological polar surface area (TPSA) is 142 Å². The number of carboxylic acids is 1. The van der Waals surface area contributed by atoms with Gasteiger partial charge in [0, 0.05) is 12.5 Å². The van der Waals surface area contributed by atoms with E-state index in [-0.39, 0.29) is 19.1 Å². The number of carbonyl (C=O) groups excluding carboxylic acids is 2. The number of benzene rings is 2. The standard InChI is InChI=1S/C30H36N2O9/c1-29(2)38-16-24(40-29)26-23(39-30(3,4)41-26)14-31-25(33)13-22(27(34)35)32-28(36)37-15-21-19-11-7-5-9-17(19)18-10-6-8-12-20(18)21/h5-12,21-24,26H,13-16H2,1-4H3,(H,31,33)(H,32,36)(H,34,35)/t22?,23-,24-,26+/m1/s1. The summed E-state index contributed by atoms with van der Waals surface area (Å²) in [5.41, 5.74) is 4.23.